The summed E-state index contributed by atoms with van der Waals surface area (Å²) in [6.45, 7) is 1.10. The van der Waals surface area contributed by atoms with E-state index < -0.39 is 6.03 Å². The van der Waals surface area contributed by atoms with Gasteiger partial charge in [0.2, 0.25) is 11.8 Å². The largest absolute Gasteiger partial charge is 0.497 e. The van der Waals surface area contributed by atoms with Gasteiger partial charge in [0, 0.05) is 6.54 Å². The van der Waals surface area contributed by atoms with Crippen molar-refractivity contribution in [1.29, 1.82) is 0 Å². The van der Waals surface area contributed by atoms with Crippen molar-refractivity contribution in [3.63, 3.8) is 0 Å². The second kappa shape index (κ2) is 7.47. The van der Waals surface area contributed by atoms with Gasteiger partial charge in [-0.15, -0.1) is 0 Å². The number of hydrogen-bond acceptors (Lipinski definition) is 5. The zero-order valence-electron chi connectivity index (χ0n) is 15.5. The molecular weight excluding hydrogens is 362 g/mol. The SMILES string of the molecule is COc1ccc2cc([C@@H]3CN(C(=O)CN4CC(=O)NC4=O)CCO3)ccc2c1. The van der Waals surface area contributed by atoms with Gasteiger partial charge in [-0.2, -0.15) is 0 Å². The molecule has 0 aliphatic carbocycles. The van der Waals surface area contributed by atoms with Gasteiger partial charge in [0.25, 0.3) is 0 Å². The van der Waals surface area contributed by atoms with Gasteiger partial charge in [-0.1, -0.05) is 18.2 Å². The van der Waals surface area contributed by atoms with Crippen LogP contribution in [0.15, 0.2) is 36.4 Å². The summed E-state index contributed by atoms with van der Waals surface area (Å²) >= 11 is 0. The molecule has 8 nitrogen and oxygen atoms in total. The van der Waals surface area contributed by atoms with E-state index in [4.69, 9.17) is 9.47 Å². The topological polar surface area (TPSA) is 88.2 Å². The fraction of sp³-hybridized carbons (Fsp3) is 0.350. The zero-order valence-corrected chi connectivity index (χ0v) is 15.5. The normalized spacial score (nSPS) is 19.8. The maximum absolute atomic E-state index is 12.6. The molecule has 2 fully saturated rings. The first kappa shape index (κ1) is 18.2. The van der Waals surface area contributed by atoms with Gasteiger partial charge in [0.15, 0.2) is 0 Å². The molecule has 0 bridgehead atoms. The van der Waals surface area contributed by atoms with Crippen LogP contribution in [0.2, 0.25) is 0 Å². The first-order valence-electron chi connectivity index (χ1n) is 9.09. The maximum atomic E-state index is 12.6. The summed E-state index contributed by atoms with van der Waals surface area (Å²) in [5.74, 6) is 0.226. The molecular formula is C20H21N3O5. The monoisotopic (exact) mass is 383 g/mol. The van der Waals surface area contributed by atoms with Crippen LogP contribution in [-0.2, 0) is 14.3 Å². The van der Waals surface area contributed by atoms with E-state index in [9.17, 15) is 14.4 Å². The lowest BCUT2D eigenvalue weighted by molar-refractivity contribution is -0.139. The molecule has 0 aromatic heterocycles. The Kier molecular flexibility index (Phi) is 4.87. The second-order valence-electron chi connectivity index (χ2n) is 6.88. The molecule has 8 heteroatoms. The number of benzene rings is 2. The molecule has 0 spiro atoms. The molecule has 4 rings (SSSR count). The Morgan fingerprint density at radius 2 is 2.00 bits per heavy atom. The summed E-state index contributed by atoms with van der Waals surface area (Å²) in [6.07, 6.45) is -0.238. The number of amides is 4. The van der Waals surface area contributed by atoms with Crippen LogP contribution in [0, 0.1) is 0 Å². The lowest BCUT2D eigenvalue weighted by Crippen LogP contribution is -2.47. The number of methoxy groups -OCH3 is 1. The summed E-state index contributed by atoms with van der Waals surface area (Å²) in [5.41, 5.74) is 0.990. The molecule has 2 aromatic rings. The summed E-state index contributed by atoms with van der Waals surface area (Å²) in [5, 5.41) is 4.31. The highest BCUT2D eigenvalue weighted by molar-refractivity contribution is 6.03. The van der Waals surface area contributed by atoms with Gasteiger partial charge in [-0.25, -0.2) is 4.79 Å². The Balaban J connectivity index is 1.46. The van der Waals surface area contributed by atoms with Crippen molar-refractivity contribution in [2.45, 2.75) is 6.10 Å². The van der Waals surface area contributed by atoms with E-state index in [0.717, 1.165) is 22.1 Å². The fourth-order valence-corrected chi connectivity index (χ4v) is 3.52. The summed E-state index contributed by atoms with van der Waals surface area (Å²) in [7, 11) is 1.64. The summed E-state index contributed by atoms with van der Waals surface area (Å²) in [6, 6.07) is 11.4. The number of nitrogens with one attached hydrogen (secondary N) is 1. The van der Waals surface area contributed by atoms with Crippen LogP contribution in [0.5, 0.6) is 5.75 Å². The van der Waals surface area contributed by atoms with E-state index in [-0.39, 0.29) is 31.0 Å². The molecule has 2 aromatic carbocycles. The van der Waals surface area contributed by atoms with Crippen LogP contribution >= 0.6 is 0 Å². The third-order valence-electron chi connectivity index (χ3n) is 5.06. The number of morpholine rings is 1. The van der Waals surface area contributed by atoms with Gasteiger partial charge in [-0.05, 0) is 34.5 Å². The highest BCUT2D eigenvalue weighted by Crippen LogP contribution is 2.28. The van der Waals surface area contributed by atoms with Crippen LogP contribution in [0.1, 0.15) is 11.7 Å². The van der Waals surface area contributed by atoms with Crippen molar-refractivity contribution >= 4 is 28.6 Å². The van der Waals surface area contributed by atoms with Crippen LogP contribution in [0.25, 0.3) is 10.8 Å². The number of ether oxygens (including phenoxy) is 2. The molecule has 1 atom stereocenters. The average molecular weight is 383 g/mol. The number of urea groups is 1. The minimum atomic E-state index is -0.520. The lowest BCUT2D eigenvalue weighted by atomic mass is 10.0. The molecule has 2 saturated heterocycles. The van der Waals surface area contributed by atoms with Crippen LogP contribution < -0.4 is 10.1 Å². The molecule has 0 saturated carbocycles. The summed E-state index contributed by atoms with van der Waals surface area (Å²) < 4.78 is 11.1. The minimum Gasteiger partial charge on any atom is -0.497 e. The number of carbonyl (C=O) groups is 3. The zero-order chi connectivity index (χ0) is 19.7. The van der Waals surface area contributed by atoms with Gasteiger partial charge < -0.3 is 19.3 Å². The Bertz CT molecular complexity index is 945. The van der Waals surface area contributed by atoms with E-state index in [1.165, 1.54) is 4.90 Å². The van der Waals surface area contributed by atoms with Gasteiger partial charge in [0.1, 0.15) is 24.9 Å². The number of nitrogens with zero attached hydrogens (tertiary/aromatic N) is 2. The number of hydrogen-bond donors (Lipinski definition) is 1. The molecule has 2 aliphatic heterocycles. The third kappa shape index (κ3) is 3.63. The molecule has 146 valence electrons. The first-order valence-corrected chi connectivity index (χ1v) is 9.09. The number of fused-ring (bicyclic) bond motifs is 1. The van der Waals surface area contributed by atoms with Crippen LogP contribution in [0.4, 0.5) is 4.79 Å². The van der Waals surface area contributed by atoms with E-state index in [1.54, 1.807) is 12.0 Å². The summed E-state index contributed by atoms with van der Waals surface area (Å²) in [4.78, 5) is 38.4. The highest BCUT2D eigenvalue weighted by Gasteiger charge is 2.32. The van der Waals surface area contributed by atoms with Crippen LogP contribution in [0.3, 0.4) is 0 Å². The van der Waals surface area contributed by atoms with E-state index in [2.05, 4.69) is 11.4 Å². The fourth-order valence-electron chi connectivity index (χ4n) is 3.52. The van der Waals surface area contributed by atoms with E-state index >= 15 is 0 Å². The first-order chi connectivity index (χ1) is 13.5. The average Bonchev–Trinajstić information content (AvgIpc) is 3.03. The predicted octanol–water partition coefficient (Wildman–Crippen LogP) is 1.30. The molecule has 2 heterocycles. The van der Waals surface area contributed by atoms with Gasteiger partial charge in [-0.3, -0.25) is 14.9 Å². The van der Waals surface area contributed by atoms with E-state index in [1.807, 2.05) is 30.3 Å². The lowest BCUT2D eigenvalue weighted by Gasteiger charge is -2.34. The van der Waals surface area contributed by atoms with Crippen molar-refractivity contribution in [3.05, 3.63) is 42.0 Å². The van der Waals surface area contributed by atoms with E-state index in [0.29, 0.717) is 19.7 Å². The standard InChI is InChI=1S/C20H21N3O5/c1-27-16-5-4-13-8-15(3-2-14(13)9-16)17-10-22(6-7-28-17)19(25)12-23-11-18(24)21-20(23)26/h2-5,8-9,17H,6-7,10-12H2,1H3,(H,21,24,26)/t17-/m0/s1. The van der Waals surface area contributed by atoms with Crippen molar-refractivity contribution in [1.82, 2.24) is 15.1 Å². The quantitative estimate of drug-likeness (QED) is 0.804. The third-order valence-corrected chi connectivity index (χ3v) is 5.06. The maximum Gasteiger partial charge on any atom is 0.325 e. The highest BCUT2D eigenvalue weighted by atomic mass is 16.5. The van der Waals surface area contributed by atoms with Gasteiger partial charge >= 0.3 is 6.03 Å². The molecule has 28 heavy (non-hydrogen) atoms. The molecule has 0 unspecified atom stereocenters. The Morgan fingerprint density at radius 3 is 2.75 bits per heavy atom. The van der Waals surface area contributed by atoms with Crippen molar-refractivity contribution in [2.75, 3.05) is 39.9 Å². The number of carbonyl (C=O) groups excluding carboxylic acids is 3. The molecule has 2 aliphatic rings. The number of imide groups is 1. The number of rotatable bonds is 4. The Hall–Kier alpha value is -3.13. The van der Waals surface area contributed by atoms with Crippen molar-refractivity contribution in [2.24, 2.45) is 0 Å². The molecule has 4 amide bonds. The van der Waals surface area contributed by atoms with Crippen molar-refractivity contribution < 1.29 is 23.9 Å². The smallest absolute Gasteiger partial charge is 0.325 e. The van der Waals surface area contributed by atoms with Crippen LogP contribution in [-0.4, -0.2) is 67.5 Å². The predicted molar refractivity (Wildman–Crippen MR) is 101 cm³/mol. The van der Waals surface area contributed by atoms with Crippen molar-refractivity contribution in [3.8, 4) is 5.75 Å². The molecule has 1 N–H and O–H groups in total. The second-order valence-corrected chi connectivity index (χ2v) is 6.88. The molecule has 0 radical (unpaired) electrons. The minimum absolute atomic E-state index is 0.0769. The van der Waals surface area contributed by atoms with Gasteiger partial charge in [0.05, 0.1) is 20.3 Å². The Morgan fingerprint density at radius 1 is 1.21 bits per heavy atom. The Labute approximate surface area is 162 Å².